The zero-order valence-electron chi connectivity index (χ0n) is 11.6. The van der Waals surface area contributed by atoms with Crippen LogP contribution in [0.4, 0.5) is 0 Å². The van der Waals surface area contributed by atoms with Gasteiger partial charge in [-0.25, -0.2) is 19.2 Å². The first-order valence-electron chi connectivity index (χ1n) is 6.32. The Balaban J connectivity index is 2.30. The van der Waals surface area contributed by atoms with Crippen LogP contribution in [0.2, 0.25) is 0 Å². The summed E-state index contributed by atoms with van der Waals surface area (Å²) in [6.45, 7) is 0. The van der Waals surface area contributed by atoms with Gasteiger partial charge in [0.2, 0.25) is 0 Å². The molecule has 0 aliphatic rings. The van der Waals surface area contributed by atoms with E-state index in [1.165, 1.54) is 12.1 Å². The second-order valence-corrected chi connectivity index (χ2v) is 4.41. The molecule has 0 unspecified atom stereocenters. The van der Waals surface area contributed by atoms with Crippen molar-refractivity contribution in [2.24, 2.45) is 0 Å². The smallest absolute Gasteiger partial charge is 0.346 e. The van der Waals surface area contributed by atoms with E-state index in [0.717, 1.165) is 18.2 Å². The van der Waals surface area contributed by atoms with Gasteiger partial charge >= 0.3 is 23.9 Å². The molecule has 0 aromatic heterocycles. The van der Waals surface area contributed by atoms with Crippen LogP contribution in [-0.2, 0) is 4.74 Å². The van der Waals surface area contributed by atoms with Crippen molar-refractivity contribution in [1.29, 1.82) is 0 Å². The van der Waals surface area contributed by atoms with Crippen LogP contribution in [0, 0.1) is 0 Å². The van der Waals surface area contributed by atoms with Gasteiger partial charge in [-0.05, 0) is 30.3 Å². The highest BCUT2D eigenvalue weighted by molar-refractivity contribution is 6.08. The van der Waals surface area contributed by atoms with Crippen molar-refractivity contribution >= 4 is 23.9 Å². The van der Waals surface area contributed by atoms with Gasteiger partial charge in [0, 0.05) is 0 Å². The molecule has 2 rings (SSSR count). The predicted molar refractivity (Wildman–Crippen MR) is 76.5 cm³/mol. The minimum absolute atomic E-state index is 0.125. The molecule has 0 aliphatic carbocycles. The number of carbonyl (C=O) groups is 4. The van der Waals surface area contributed by atoms with Crippen molar-refractivity contribution in [2.75, 3.05) is 0 Å². The summed E-state index contributed by atoms with van der Waals surface area (Å²) in [5.41, 5.74) is -1.14. The van der Waals surface area contributed by atoms with Gasteiger partial charge in [-0.15, -0.1) is 0 Å². The molecule has 7 nitrogen and oxygen atoms in total. The van der Waals surface area contributed by atoms with E-state index in [0.29, 0.717) is 0 Å². The molecule has 0 heterocycles. The Hall–Kier alpha value is -3.48. The van der Waals surface area contributed by atoms with Gasteiger partial charge in [0.15, 0.2) is 0 Å². The molecule has 0 amide bonds. The minimum Gasteiger partial charge on any atom is -0.478 e. The zero-order valence-corrected chi connectivity index (χ0v) is 11.6. The molecule has 0 saturated carbocycles. The maximum Gasteiger partial charge on any atom is 0.346 e. The van der Waals surface area contributed by atoms with Crippen LogP contribution in [0.3, 0.4) is 0 Å². The lowest BCUT2D eigenvalue weighted by atomic mass is 10.0. The highest BCUT2D eigenvalue weighted by atomic mass is 16.6. The summed E-state index contributed by atoms with van der Waals surface area (Å²) >= 11 is 0. The number of carboxylic acids is 2. The number of aromatic carboxylic acids is 2. The molecule has 2 N–H and O–H groups in total. The lowest BCUT2D eigenvalue weighted by Gasteiger charge is -2.07. The molecule has 23 heavy (non-hydrogen) atoms. The summed E-state index contributed by atoms with van der Waals surface area (Å²) in [6, 6.07) is 10.6. The van der Waals surface area contributed by atoms with Crippen LogP contribution in [0.25, 0.3) is 0 Å². The summed E-state index contributed by atoms with van der Waals surface area (Å²) in [6.07, 6.45) is 0. The van der Waals surface area contributed by atoms with E-state index in [1.807, 2.05) is 0 Å². The Kier molecular flexibility index (Phi) is 4.51. The maximum absolute atomic E-state index is 12.0. The molecular formula is C16H10O7. The fourth-order valence-electron chi connectivity index (χ4n) is 1.80. The number of hydrogen-bond donors (Lipinski definition) is 2. The fraction of sp³-hybridized carbons (Fsp3) is 0. The van der Waals surface area contributed by atoms with Crippen molar-refractivity contribution < 1.29 is 34.1 Å². The van der Waals surface area contributed by atoms with E-state index < -0.39 is 35.0 Å². The lowest BCUT2D eigenvalue weighted by molar-refractivity contribution is 0.0391. The summed E-state index contributed by atoms with van der Waals surface area (Å²) < 4.78 is 4.63. The molecule has 116 valence electrons. The highest BCUT2D eigenvalue weighted by Gasteiger charge is 2.22. The number of hydrogen-bond acceptors (Lipinski definition) is 5. The van der Waals surface area contributed by atoms with Crippen molar-refractivity contribution in [2.45, 2.75) is 0 Å². The van der Waals surface area contributed by atoms with E-state index in [9.17, 15) is 19.2 Å². The fourth-order valence-corrected chi connectivity index (χ4v) is 1.80. The summed E-state index contributed by atoms with van der Waals surface area (Å²) in [5, 5.41) is 17.9. The third kappa shape index (κ3) is 3.59. The van der Waals surface area contributed by atoms with E-state index in [2.05, 4.69) is 4.74 Å². The quantitative estimate of drug-likeness (QED) is 0.655. The van der Waals surface area contributed by atoms with Gasteiger partial charge in [-0.1, -0.05) is 18.2 Å². The second-order valence-electron chi connectivity index (χ2n) is 4.41. The van der Waals surface area contributed by atoms with Gasteiger partial charge in [0.1, 0.15) is 0 Å². The standard InChI is InChI=1S/C16H10O7/c17-13(18)10-6-7-11(12(8-10)14(19)20)16(22)23-15(21)9-4-2-1-3-5-9/h1-8H,(H,17,18)(H,19,20). The highest BCUT2D eigenvalue weighted by Crippen LogP contribution is 2.15. The van der Waals surface area contributed by atoms with Crippen molar-refractivity contribution in [3.63, 3.8) is 0 Å². The van der Waals surface area contributed by atoms with Crippen molar-refractivity contribution in [1.82, 2.24) is 0 Å². The summed E-state index contributed by atoms with van der Waals surface area (Å²) in [5.74, 6) is -4.96. The van der Waals surface area contributed by atoms with Gasteiger partial charge in [-0.2, -0.15) is 0 Å². The van der Waals surface area contributed by atoms with E-state index in [4.69, 9.17) is 10.2 Å². The average molecular weight is 314 g/mol. The molecule has 0 aliphatic heterocycles. The molecule has 2 aromatic rings. The summed E-state index contributed by atoms with van der Waals surface area (Å²) in [7, 11) is 0. The molecule has 0 atom stereocenters. The van der Waals surface area contributed by atoms with Gasteiger partial charge in [0.25, 0.3) is 0 Å². The van der Waals surface area contributed by atoms with E-state index in [-0.39, 0.29) is 11.1 Å². The van der Waals surface area contributed by atoms with E-state index in [1.54, 1.807) is 18.2 Å². The first-order valence-corrected chi connectivity index (χ1v) is 6.32. The number of carboxylic acid groups (broad SMARTS) is 2. The first-order chi connectivity index (χ1) is 10.9. The van der Waals surface area contributed by atoms with Gasteiger partial charge < -0.3 is 14.9 Å². The molecule has 7 heteroatoms. The van der Waals surface area contributed by atoms with Gasteiger partial charge in [0.05, 0.1) is 22.3 Å². The molecule has 0 spiro atoms. The number of esters is 2. The molecule has 0 radical (unpaired) electrons. The lowest BCUT2D eigenvalue weighted by Crippen LogP contribution is -2.17. The molecule has 0 fully saturated rings. The Morgan fingerprint density at radius 1 is 0.696 bits per heavy atom. The minimum atomic E-state index is -1.51. The zero-order chi connectivity index (χ0) is 17.0. The van der Waals surface area contributed by atoms with Crippen molar-refractivity contribution in [3.05, 3.63) is 70.8 Å². The maximum atomic E-state index is 12.0. The van der Waals surface area contributed by atoms with Crippen LogP contribution < -0.4 is 0 Å². The van der Waals surface area contributed by atoms with Crippen LogP contribution >= 0.6 is 0 Å². The third-order valence-electron chi connectivity index (χ3n) is 2.91. The Bertz CT molecular complexity index is 793. The first kappa shape index (κ1) is 15.9. The monoisotopic (exact) mass is 314 g/mol. The molecular weight excluding hydrogens is 304 g/mol. The normalized spacial score (nSPS) is 9.91. The van der Waals surface area contributed by atoms with E-state index >= 15 is 0 Å². The topological polar surface area (TPSA) is 118 Å². The molecule has 0 bridgehead atoms. The van der Waals surface area contributed by atoms with Crippen molar-refractivity contribution in [3.8, 4) is 0 Å². The summed E-state index contributed by atoms with van der Waals surface area (Å²) in [4.78, 5) is 45.8. The van der Waals surface area contributed by atoms with Crippen LogP contribution in [0.15, 0.2) is 48.5 Å². The van der Waals surface area contributed by atoms with Gasteiger partial charge in [-0.3, -0.25) is 0 Å². The number of benzene rings is 2. The van der Waals surface area contributed by atoms with Crippen LogP contribution in [0.1, 0.15) is 41.4 Å². The average Bonchev–Trinajstić information content (AvgIpc) is 2.54. The van der Waals surface area contributed by atoms with Crippen LogP contribution in [-0.4, -0.2) is 34.1 Å². The largest absolute Gasteiger partial charge is 0.478 e. The second kappa shape index (κ2) is 6.52. The third-order valence-corrected chi connectivity index (χ3v) is 2.91. The Labute approximate surface area is 129 Å². The Morgan fingerprint density at radius 3 is 1.91 bits per heavy atom. The number of ether oxygens (including phenoxy) is 1. The molecule has 0 saturated heterocycles. The SMILES string of the molecule is O=C(O)c1ccc(C(=O)OC(=O)c2ccccc2)c(C(=O)O)c1. The predicted octanol–water partition coefficient (Wildman–Crippen LogP) is 2.08. The Morgan fingerprint density at radius 2 is 1.35 bits per heavy atom. The van der Waals surface area contributed by atoms with Crippen LogP contribution in [0.5, 0.6) is 0 Å². The number of rotatable bonds is 4. The number of carbonyl (C=O) groups excluding carboxylic acids is 2. The molecule has 2 aromatic carbocycles.